The van der Waals surface area contributed by atoms with Gasteiger partial charge in [-0.05, 0) is 25.7 Å². The van der Waals surface area contributed by atoms with Crippen LogP contribution in [0.15, 0.2) is 0 Å². The fraction of sp³-hybridized carbons (Fsp3) is 0.786. The van der Waals surface area contributed by atoms with E-state index >= 15 is 0 Å². The van der Waals surface area contributed by atoms with Gasteiger partial charge in [0.15, 0.2) is 0 Å². The Labute approximate surface area is 138 Å². The minimum absolute atomic E-state index is 0.0345. The normalized spacial score (nSPS) is 29.8. The second-order valence-electron chi connectivity index (χ2n) is 6.54. The molecule has 0 aromatic rings. The highest BCUT2D eigenvalue weighted by Gasteiger charge is 2.46. The molecule has 24 heavy (non-hydrogen) atoms. The van der Waals surface area contributed by atoms with Crippen LogP contribution in [0.3, 0.4) is 0 Å². The molecule has 10 nitrogen and oxygen atoms in total. The molecule has 3 fully saturated rings. The molecule has 0 aliphatic carbocycles. The number of hydrogen-bond donors (Lipinski definition) is 3. The quantitative estimate of drug-likeness (QED) is 0.491. The van der Waals surface area contributed by atoms with Gasteiger partial charge in [-0.3, -0.25) is 14.8 Å². The van der Waals surface area contributed by atoms with Gasteiger partial charge in [0.05, 0.1) is 12.6 Å². The molecule has 3 aliphatic rings. The average molecular weight is 342 g/mol. The first-order chi connectivity index (χ1) is 11.5. The maximum atomic E-state index is 12.2. The average Bonchev–Trinajstić information content (AvgIpc) is 2.79. The molecule has 3 atom stereocenters. The molecule has 2 bridgehead atoms. The molecule has 134 valence electrons. The van der Waals surface area contributed by atoms with Crippen LogP contribution in [-0.4, -0.2) is 81.5 Å². The van der Waals surface area contributed by atoms with Crippen LogP contribution in [0.5, 0.6) is 0 Å². The summed E-state index contributed by atoms with van der Waals surface area (Å²) in [6.45, 7) is 1.48. The Kier molecular flexibility index (Phi) is 4.76. The van der Waals surface area contributed by atoms with E-state index in [0.29, 0.717) is 37.5 Å². The highest BCUT2D eigenvalue weighted by atomic mass is 16.7. The number of carbonyl (C=O) groups excluding carboxylic acids is 2. The van der Waals surface area contributed by atoms with Gasteiger partial charge in [-0.2, -0.15) is 0 Å². The maximum Gasteiger partial charge on any atom is 0.407 e. The highest BCUT2D eigenvalue weighted by Crippen LogP contribution is 2.28. The Hall–Kier alpha value is -2.07. The number of urea groups is 1. The summed E-state index contributed by atoms with van der Waals surface area (Å²) in [6.07, 6.45) is 1.70. The molecular weight excluding hydrogens is 320 g/mol. The van der Waals surface area contributed by atoms with Crippen molar-refractivity contribution >= 4 is 18.0 Å². The number of piperidine rings is 2. The number of hydroxylamine groups is 3. The minimum atomic E-state index is -0.943. The molecule has 0 saturated carbocycles. The molecule has 3 N–H and O–H groups in total. The van der Waals surface area contributed by atoms with Gasteiger partial charge in [0.1, 0.15) is 6.04 Å². The van der Waals surface area contributed by atoms with Crippen LogP contribution in [0.1, 0.15) is 25.7 Å². The van der Waals surface area contributed by atoms with Crippen molar-refractivity contribution in [3.05, 3.63) is 0 Å². The van der Waals surface area contributed by atoms with E-state index in [-0.39, 0.29) is 18.6 Å². The number of fused-ring (bicyclic) bond motifs is 2. The summed E-state index contributed by atoms with van der Waals surface area (Å²) in [5.41, 5.74) is 2.36. The number of amides is 4. The topological polar surface area (TPSA) is 123 Å². The Morgan fingerprint density at radius 3 is 2.79 bits per heavy atom. The van der Waals surface area contributed by atoms with E-state index in [1.165, 1.54) is 9.80 Å². The van der Waals surface area contributed by atoms with Gasteiger partial charge < -0.3 is 14.9 Å². The van der Waals surface area contributed by atoms with Crippen LogP contribution in [0, 0.1) is 5.92 Å². The van der Waals surface area contributed by atoms with E-state index < -0.39 is 24.1 Å². The zero-order valence-corrected chi connectivity index (χ0v) is 13.3. The van der Waals surface area contributed by atoms with E-state index in [9.17, 15) is 19.6 Å². The molecule has 4 amide bonds. The molecule has 0 radical (unpaired) electrons. The van der Waals surface area contributed by atoms with Crippen LogP contribution >= 0.6 is 0 Å². The van der Waals surface area contributed by atoms with Gasteiger partial charge in [-0.1, -0.05) is 0 Å². The number of rotatable bonds is 4. The van der Waals surface area contributed by atoms with Crippen LogP contribution in [0.4, 0.5) is 9.59 Å². The third-order valence-electron chi connectivity index (χ3n) is 4.93. The number of nitrogens with zero attached hydrogens (tertiary/aromatic N) is 3. The third-order valence-corrected chi connectivity index (χ3v) is 4.93. The van der Waals surface area contributed by atoms with E-state index in [2.05, 4.69) is 5.48 Å². The zero-order chi connectivity index (χ0) is 17.3. The monoisotopic (exact) mass is 342 g/mol. The van der Waals surface area contributed by atoms with Crippen molar-refractivity contribution in [2.24, 2.45) is 5.92 Å². The first kappa shape index (κ1) is 16.8. The SMILES string of the molecule is O=C(NOC[C@@H]1CCCN(C(=O)O)C1)[C@@H]1CC[C@@H]2CN1C(=O)N2O. The molecule has 3 aliphatic heterocycles. The lowest BCUT2D eigenvalue weighted by atomic mass is 9.99. The fourth-order valence-corrected chi connectivity index (χ4v) is 3.60. The number of nitrogens with one attached hydrogen (secondary N) is 1. The minimum Gasteiger partial charge on any atom is -0.465 e. The summed E-state index contributed by atoms with van der Waals surface area (Å²) in [5.74, 6) is -0.379. The van der Waals surface area contributed by atoms with Crippen molar-refractivity contribution in [2.75, 3.05) is 26.2 Å². The molecule has 0 spiro atoms. The summed E-state index contributed by atoms with van der Waals surface area (Å²) in [6, 6.07) is -1.44. The zero-order valence-electron chi connectivity index (χ0n) is 13.3. The fourth-order valence-electron chi connectivity index (χ4n) is 3.60. The number of carbonyl (C=O) groups is 3. The summed E-state index contributed by atoms with van der Waals surface area (Å²) in [4.78, 5) is 43.0. The summed E-state index contributed by atoms with van der Waals surface area (Å²) < 4.78 is 0. The lowest BCUT2D eigenvalue weighted by Crippen LogP contribution is -2.50. The molecule has 0 aromatic carbocycles. The van der Waals surface area contributed by atoms with Gasteiger partial charge in [-0.15, -0.1) is 0 Å². The van der Waals surface area contributed by atoms with Crippen molar-refractivity contribution in [2.45, 2.75) is 37.8 Å². The molecule has 0 unspecified atom stereocenters. The Bertz CT molecular complexity index is 529. The largest absolute Gasteiger partial charge is 0.465 e. The highest BCUT2D eigenvalue weighted by molar-refractivity contribution is 5.87. The maximum absolute atomic E-state index is 12.2. The number of hydrogen-bond acceptors (Lipinski definition) is 5. The second-order valence-corrected chi connectivity index (χ2v) is 6.54. The van der Waals surface area contributed by atoms with Crippen LogP contribution in [0.2, 0.25) is 0 Å². The Morgan fingerprint density at radius 1 is 1.25 bits per heavy atom. The molecule has 3 rings (SSSR count). The Balaban J connectivity index is 1.44. The first-order valence-corrected chi connectivity index (χ1v) is 8.15. The van der Waals surface area contributed by atoms with E-state index in [1.54, 1.807) is 0 Å². The number of carboxylic acid groups (broad SMARTS) is 1. The van der Waals surface area contributed by atoms with Crippen LogP contribution < -0.4 is 5.48 Å². The molecule has 3 heterocycles. The molecule has 10 heteroatoms. The Morgan fingerprint density at radius 2 is 2.04 bits per heavy atom. The second kappa shape index (κ2) is 6.81. The van der Waals surface area contributed by atoms with Crippen molar-refractivity contribution in [1.82, 2.24) is 20.3 Å². The third kappa shape index (κ3) is 3.24. The van der Waals surface area contributed by atoms with Gasteiger partial charge in [-0.25, -0.2) is 20.1 Å². The summed E-state index contributed by atoms with van der Waals surface area (Å²) >= 11 is 0. The molecule has 0 aromatic heterocycles. The van der Waals surface area contributed by atoms with Gasteiger partial charge in [0.2, 0.25) is 0 Å². The van der Waals surface area contributed by atoms with Crippen molar-refractivity contribution in [3.8, 4) is 0 Å². The van der Waals surface area contributed by atoms with Crippen molar-refractivity contribution < 1.29 is 29.5 Å². The lowest BCUT2D eigenvalue weighted by molar-refractivity contribution is -0.140. The lowest BCUT2D eigenvalue weighted by Gasteiger charge is -2.31. The smallest absolute Gasteiger partial charge is 0.407 e. The summed E-state index contributed by atoms with van der Waals surface area (Å²) in [5, 5.41) is 19.3. The molecular formula is C14H22N4O6. The predicted octanol–water partition coefficient (Wildman–Crippen LogP) is 0.0820. The molecule has 3 saturated heterocycles. The number of likely N-dealkylation sites (tertiary alicyclic amines) is 1. The van der Waals surface area contributed by atoms with Crippen molar-refractivity contribution in [1.29, 1.82) is 0 Å². The van der Waals surface area contributed by atoms with Gasteiger partial charge in [0, 0.05) is 25.6 Å². The summed E-state index contributed by atoms with van der Waals surface area (Å²) in [7, 11) is 0. The first-order valence-electron chi connectivity index (χ1n) is 8.15. The van der Waals surface area contributed by atoms with E-state index in [1.807, 2.05) is 0 Å². The van der Waals surface area contributed by atoms with Crippen LogP contribution in [0.25, 0.3) is 0 Å². The van der Waals surface area contributed by atoms with Gasteiger partial charge >= 0.3 is 12.1 Å². The van der Waals surface area contributed by atoms with Gasteiger partial charge in [0.25, 0.3) is 5.91 Å². The van der Waals surface area contributed by atoms with Crippen LogP contribution in [-0.2, 0) is 9.63 Å². The predicted molar refractivity (Wildman–Crippen MR) is 79.0 cm³/mol. The standard InChI is InChI=1S/C14H22N4O6/c19-12(11-4-3-10-7-17(11)13(20)18(10)23)15-24-8-9-2-1-5-16(6-9)14(21)22/h9-11,23H,1-8H2,(H,15,19)(H,21,22)/t9-,10-,11+/m1/s1. The van der Waals surface area contributed by atoms with E-state index in [0.717, 1.165) is 12.8 Å². The van der Waals surface area contributed by atoms with E-state index in [4.69, 9.17) is 9.94 Å². The van der Waals surface area contributed by atoms with Crippen molar-refractivity contribution in [3.63, 3.8) is 0 Å².